The quantitative estimate of drug-likeness (QED) is 0.759. The van der Waals surface area contributed by atoms with Gasteiger partial charge in [0.25, 0.3) is 0 Å². The van der Waals surface area contributed by atoms with Crippen molar-refractivity contribution in [2.75, 3.05) is 25.5 Å². The molecule has 0 spiro atoms. The second-order valence-corrected chi connectivity index (χ2v) is 4.36. The number of hydrogen-bond donors (Lipinski definition) is 3. The Kier molecular flexibility index (Phi) is 4.41. The summed E-state index contributed by atoms with van der Waals surface area (Å²) in [7, 11) is 1.60. The van der Waals surface area contributed by atoms with Gasteiger partial charge in [0.15, 0.2) is 0 Å². The standard InChI is InChI=1S/C13H19N3O2/c1-18-12-6-2-4-10(8-12)16-13(17)15-9-11-5-3-7-14-11/h2,4,6,8,11,14H,3,5,7,9H2,1H3,(H2,15,16,17). The summed E-state index contributed by atoms with van der Waals surface area (Å²) >= 11 is 0. The molecule has 1 aromatic carbocycles. The van der Waals surface area contributed by atoms with E-state index < -0.39 is 0 Å². The molecule has 5 nitrogen and oxygen atoms in total. The maximum absolute atomic E-state index is 11.7. The molecule has 0 radical (unpaired) electrons. The van der Waals surface area contributed by atoms with Crippen molar-refractivity contribution in [1.82, 2.24) is 10.6 Å². The zero-order valence-corrected chi connectivity index (χ0v) is 10.5. The minimum absolute atomic E-state index is 0.183. The lowest BCUT2D eigenvalue weighted by molar-refractivity contribution is 0.251. The third-order valence-electron chi connectivity index (χ3n) is 3.00. The van der Waals surface area contributed by atoms with Gasteiger partial charge in [-0.15, -0.1) is 0 Å². The monoisotopic (exact) mass is 249 g/mol. The Morgan fingerprint density at radius 2 is 2.44 bits per heavy atom. The molecule has 0 aliphatic carbocycles. The smallest absolute Gasteiger partial charge is 0.319 e. The van der Waals surface area contributed by atoms with Crippen molar-refractivity contribution in [3.05, 3.63) is 24.3 Å². The van der Waals surface area contributed by atoms with E-state index in [-0.39, 0.29) is 6.03 Å². The van der Waals surface area contributed by atoms with Gasteiger partial charge in [-0.2, -0.15) is 0 Å². The van der Waals surface area contributed by atoms with Gasteiger partial charge < -0.3 is 20.7 Å². The maximum Gasteiger partial charge on any atom is 0.319 e. The predicted molar refractivity (Wildman–Crippen MR) is 71.0 cm³/mol. The van der Waals surface area contributed by atoms with Gasteiger partial charge in [0.1, 0.15) is 5.75 Å². The van der Waals surface area contributed by atoms with Gasteiger partial charge in [-0.1, -0.05) is 6.07 Å². The van der Waals surface area contributed by atoms with E-state index >= 15 is 0 Å². The van der Waals surface area contributed by atoms with E-state index in [9.17, 15) is 4.79 Å². The third kappa shape index (κ3) is 3.63. The van der Waals surface area contributed by atoms with Crippen molar-refractivity contribution in [2.45, 2.75) is 18.9 Å². The Bertz CT molecular complexity index is 403. The first-order valence-corrected chi connectivity index (χ1v) is 6.20. The molecular formula is C13H19N3O2. The third-order valence-corrected chi connectivity index (χ3v) is 3.00. The van der Waals surface area contributed by atoms with E-state index in [4.69, 9.17) is 4.74 Å². The number of hydrogen-bond acceptors (Lipinski definition) is 3. The first kappa shape index (κ1) is 12.7. The molecule has 1 aliphatic rings. The van der Waals surface area contributed by atoms with E-state index in [2.05, 4.69) is 16.0 Å². The Balaban J connectivity index is 1.78. The van der Waals surface area contributed by atoms with Gasteiger partial charge in [-0.3, -0.25) is 0 Å². The van der Waals surface area contributed by atoms with Crippen molar-refractivity contribution in [3.8, 4) is 5.75 Å². The lowest BCUT2D eigenvalue weighted by Gasteiger charge is -2.12. The van der Waals surface area contributed by atoms with Crippen LogP contribution in [-0.4, -0.2) is 32.3 Å². The molecule has 5 heteroatoms. The second-order valence-electron chi connectivity index (χ2n) is 4.36. The van der Waals surface area contributed by atoms with Gasteiger partial charge in [-0.05, 0) is 31.5 Å². The van der Waals surface area contributed by atoms with Crippen LogP contribution in [0.25, 0.3) is 0 Å². The summed E-state index contributed by atoms with van der Waals surface area (Å²) in [6.45, 7) is 1.71. The molecule has 1 heterocycles. The summed E-state index contributed by atoms with van der Waals surface area (Å²) in [5.74, 6) is 0.727. The zero-order chi connectivity index (χ0) is 12.8. The fraction of sp³-hybridized carbons (Fsp3) is 0.462. The van der Waals surface area contributed by atoms with Crippen molar-refractivity contribution in [2.24, 2.45) is 0 Å². The molecule has 1 saturated heterocycles. The van der Waals surface area contributed by atoms with Gasteiger partial charge >= 0.3 is 6.03 Å². The fourth-order valence-electron chi connectivity index (χ4n) is 2.02. The van der Waals surface area contributed by atoms with Crippen molar-refractivity contribution < 1.29 is 9.53 Å². The van der Waals surface area contributed by atoms with E-state index in [0.717, 1.165) is 24.4 Å². The first-order valence-electron chi connectivity index (χ1n) is 6.20. The number of anilines is 1. The largest absolute Gasteiger partial charge is 0.497 e. The highest BCUT2D eigenvalue weighted by Gasteiger charge is 2.14. The summed E-state index contributed by atoms with van der Waals surface area (Å²) in [5, 5.41) is 8.97. The van der Waals surface area contributed by atoms with Crippen molar-refractivity contribution in [3.63, 3.8) is 0 Å². The molecule has 2 amide bonds. The maximum atomic E-state index is 11.7. The summed E-state index contributed by atoms with van der Waals surface area (Å²) in [6.07, 6.45) is 2.31. The number of methoxy groups -OCH3 is 1. The van der Waals surface area contributed by atoms with Crippen LogP contribution in [0.2, 0.25) is 0 Å². The average molecular weight is 249 g/mol. The number of carbonyl (C=O) groups excluding carboxylic acids is 1. The molecule has 0 bridgehead atoms. The highest BCUT2D eigenvalue weighted by Crippen LogP contribution is 2.16. The molecule has 1 aliphatic heterocycles. The van der Waals surface area contributed by atoms with Crippen LogP contribution in [0.5, 0.6) is 5.75 Å². The summed E-state index contributed by atoms with van der Waals surface area (Å²) in [5.41, 5.74) is 0.728. The van der Waals surface area contributed by atoms with Crippen LogP contribution >= 0.6 is 0 Å². The Morgan fingerprint density at radius 1 is 1.56 bits per heavy atom. The molecule has 1 unspecified atom stereocenters. The van der Waals surface area contributed by atoms with Gasteiger partial charge in [-0.25, -0.2) is 4.79 Å². The molecule has 98 valence electrons. The summed E-state index contributed by atoms with van der Waals surface area (Å²) in [4.78, 5) is 11.7. The fourth-order valence-corrected chi connectivity index (χ4v) is 2.02. The molecule has 1 fully saturated rings. The van der Waals surface area contributed by atoms with Crippen LogP contribution in [0.3, 0.4) is 0 Å². The number of carbonyl (C=O) groups is 1. The Morgan fingerprint density at radius 3 is 3.17 bits per heavy atom. The normalized spacial score (nSPS) is 18.4. The van der Waals surface area contributed by atoms with Gasteiger partial charge in [0, 0.05) is 24.3 Å². The minimum Gasteiger partial charge on any atom is -0.497 e. The molecule has 18 heavy (non-hydrogen) atoms. The van der Waals surface area contributed by atoms with E-state index in [1.807, 2.05) is 18.2 Å². The van der Waals surface area contributed by atoms with Gasteiger partial charge in [0.05, 0.1) is 7.11 Å². The number of rotatable bonds is 4. The van der Waals surface area contributed by atoms with Crippen molar-refractivity contribution in [1.29, 1.82) is 0 Å². The van der Waals surface area contributed by atoms with Crippen LogP contribution in [0.15, 0.2) is 24.3 Å². The van der Waals surface area contributed by atoms with E-state index in [0.29, 0.717) is 12.6 Å². The Labute approximate surface area is 107 Å². The zero-order valence-electron chi connectivity index (χ0n) is 10.5. The second kappa shape index (κ2) is 6.26. The lowest BCUT2D eigenvalue weighted by atomic mass is 10.2. The highest BCUT2D eigenvalue weighted by molar-refractivity contribution is 5.89. The number of amides is 2. The Hall–Kier alpha value is -1.75. The average Bonchev–Trinajstić information content (AvgIpc) is 2.90. The van der Waals surface area contributed by atoms with Crippen LogP contribution in [-0.2, 0) is 0 Å². The van der Waals surface area contributed by atoms with E-state index in [1.54, 1.807) is 13.2 Å². The molecule has 2 rings (SSSR count). The molecule has 1 atom stereocenters. The SMILES string of the molecule is COc1cccc(NC(=O)NCC2CCCN2)c1. The van der Waals surface area contributed by atoms with Crippen LogP contribution in [0.4, 0.5) is 10.5 Å². The van der Waals surface area contributed by atoms with Crippen LogP contribution in [0, 0.1) is 0 Å². The molecule has 3 N–H and O–H groups in total. The van der Waals surface area contributed by atoms with Gasteiger partial charge in [0.2, 0.25) is 0 Å². The minimum atomic E-state index is -0.183. The van der Waals surface area contributed by atoms with Crippen LogP contribution < -0.4 is 20.7 Å². The van der Waals surface area contributed by atoms with Crippen molar-refractivity contribution >= 4 is 11.7 Å². The number of urea groups is 1. The lowest BCUT2D eigenvalue weighted by Crippen LogP contribution is -2.39. The van der Waals surface area contributed by atoms with Crippen LogP contribution in [0.1, 0.15) is 12.8 Å². The highest BCUT2D eigenvalue weighted by atomic mass is 16.5. The molecule has 0 saturated carbocycles. The first-order chi connectivity index (χ1) is 8.78. The topological polar surface area (TPSA) is 62.4 Å². The molecular weight excluding hydrogens is 230 g/mol. The number of ether oxygens (including phenoxy) is 1. The predicted octanol–water partition coefficient (Wildman–Crippen LogP) is 1.57. The molecule has 1 aromatic rings. The number of nitrogens with one attached hydrogen (secondary N) is 3. The molecule has 0 aromatic heterocycles. The number of benzene rings is 1. The summed E-state index contributed by atoms with van der Waals surface area (Å²) < 4.78 is 5.10. The van der Waals surface area contributed by atoms with E-state index in [1.165, 1.54) is 6.42 Å². The summed E-state index contributed by atoms with van der Waals surface area (Å²) in [6, 6.07) is 7.51.